The molecular formula is C13H16FN3. The normalized spacial score (nSPS) is 12.5. The smallest absolute Gasteiger partial charge is 0.123 e. The number of hydrogen-bond acceptors (Lipinski definition) is 2. The molecule has 0 bridgehead atoms. The molecule has 1 heterocycles. The molecule has 0 amide bonds. The van der Waals surface area contributed by atoms with Gasteiger partial charge in [0.25, 0.3) is 0 Å². The van der Waals surface area contributed by atoms with Crippen molar-refractivity contribution >= 4 is 5.69 Å². The minimum absolute atomic E-state index is 0.116. The van der Waals surface area contributed by atoms with Crippen LogP contribution in [0.25, 0.3) is 0 Å². The van der Waals surface area contributed by atoms with Crippen molar-refractivity contribution in [3.05, 3.63) is 47.0 Å². The van der Waals surface area contributed by atoms with Crippen LogP contribution in [0, 0.1) is 19.7 Å². The van der Waals surface area contributed by atoms with Gasteiger partial charge >= 0.3 is 0 Å². The second kappa shape index (κ2) is 4.57. The van der Waals surface area contributed by atoms with Crippen molar-refractivity contribution in [2.75, 3.05) is 5.32 Å². The summed E-state index contributed by atoms with van der Waals surface area (Å²) in [4.78, 5) is 0. The van der Waals surface area contributed by atoms with Crippen LogP contribution in [0.4, 0.5) is 10.1 Å². The Balaban J connectivity index is 2.17. The minimum atomic E-state index is -0.211. The van der Waals surface area contributed by atoms with Gasteiger partial charge in [0.15, 0.2) is 0 Å². The number of aryl methyl sites for hydroxylation is 2. The number of H-pyrrole nitrogens is 1. The van der Waals surface area contributed by atoms with Crippen LogP contribution in [-0.4, -0.2) is 10.2 Å². The lowest BCUT2D eigenvalue weighted by Crippen LogP contribution is -2.07. The Kier molecular flexibility index (Phi) is 3.13. The molecule has 0 aliphatic rings. The number of anilines is 1. The molecule has 1 unspecified atom stereocenters. The lowest BCUT2D eigenvalue weighted by atomic mass is 10.1. The van der Waals surface area contributed by atoms with E-state index >= 15 is 0 Å². The number of halogens is 1. The Morgan fingerprint density at radius 1 is 1.24 bits per heavy atom. The Hall–Kier alpha value is -1.84. The SMILES string of the molecule is Cc1n[nH]c(C)c1NC(C)c1ccc(F)cc1. The van der Waals surface area contributed by atoms with Gasteiger partial charge in [-0.2, -0.15) is 5.10 Å². The van der Waals surface area contributed by atoms with Crippen LogP contribution in [0.1, 0.15) is 29.9 Å². The van der Waals surface area contributed by atoms with E-state index in [9.17, 15) is 4.39 Å². The largest absolute Gasteiger partial charge is 0.376 e. The fourth-order valence-corrected chi connectivity index (χ4v) is 1.81. The van der Waals surface area contributed by atoms with Crippen molar-refractivity contribution in [2.24, 2.45) is 0 Å². The van der Waals surface area contributed by atoms with Crippen LogP contribution >= 0.6 is 0 Å². The average molecular weight is 233 g/mol. The van der Waals surface area contributed by atoms with Crippen molar-refractivity contribution in [3.8, 4) is 0 Å². The standard InChI is InChI=1S/C13H16FN3/c1-8(11-4-6-12(14)7-5-11)15-13-9(2)16-17-10(13)3/h4-8,15H,1-3H3,(H,16,17). The third kappa shape index (κ3) is 2.46. The lowest BCUT2D eigenvalue weighted by Gasteiger charge is -2.15. The summed E-state index contributed by atoms with van der Waals surface area (Å²) in [6.07, 6.45) is 0. The van der Waals surface area contributed by atoms with E-state index < -0.39 is 0 Å². The molecule has 0 aliphatic carbocycles. The van der Waals surface area contributed by atoms with Gasteiger partial charge in [-0.3, -0.25) is 5.10 Å². The van der Waals surface area contributed by atoms with Gasteiger partial charge < -0.3 is 5.32 Å². The molecule has 0 fully saturated rings. The van der Waals surface area contributed by atoms with Crippen molar-refractivity contribution in [1.82, 2.24) is 10.2 Å². The molecule has 4 heteroatoms. The number of benzene rings is 1. The Morgan fingerprint density at radius 3 is 2.41 bits per heavy atom. The van der Waals surface area contributed by atoms with Crippen molar-refractivity contribution in [2.45, 2.75) is 26.8 Å². The first kappa shape index (κ1) is 11.6. The van der Waals surface area contributed by atoms with Crippen LogP contribution in [0.2, 0.25) is 0 Å². The molecule has 0 spiro atoms. The molecule has 17 heavy (non-hydrogen) atoms. The minimum Gasteiger partial charge on any atom is -0.376 e. The van der Waals surface area contributed by atoms with E-state index in [1.54, 1.807) is 12.1 Å². The summed E-state index contributed by atoms with van der Waals surface area (Å²) in [7, 11) is 0. The van der Waals surface area contributed by atoms with Crippen LogP contribution in [-0.2, 0) is 0 Å². The summed E-state index contributed by atoms with van der Waals surface area (Å²) in [5.74, 6) is -0.211. The van der Waals surface area contributed by atoms with Crippen LogP contribution in [0.15, 0.2) is 24.3 Å². The van der Waals surface area contributed by atoms with Gasteiger partial charge in [0.1, 0.15) is 5.82 Å². The summed E-state index contributed by atoms with van der Waals surface area (Å²) in [6.45, 7) is 5.96. The van der Waals surface area contributed by atoms with Gasteiger partial charge in [-0.25, -0.2) is 4.39 Å². The number of aromatic amines is 1. The summed E-state index contributed by atoms with van der Waals surface area (Å²) < 4.78 is 12.8. The highest BCUT2D eigenvalue weighted by Gasteiger charge is 2.10. The zero-order valence-electron chi connectivity index (χ0n) is 10.2. The molecule has 0 saturated heterocycles. The maximum Gasteiger partial charge on any atom is 0.123 e. The van der Waals surface area contributed by atoms with E-state index in [0.29, 0.717) is 0 Å². The van der Waals surface area contributed by atoms with Gasteiger partial charge in [0.2, 0.25) is 0 Å². The van der Waals surface area contributed by atoms with E-state index in [0.717, 1.165) is 22.6 Å². The molecule has 1 aromatic carbocycles. The monoisotopic (exact) mass is 233 g/mol. The van der Waals surface area contributed by atoms with Crippen LogP contribution in [0.5, 0.6) is 0 Å². The Labute approximate surface area is 100 Å². The van der Waals surface area contributed by atoms with E-state index in [1.165, 1.54) is 12.1 Å². The second-order valence-electron chi connectivity index (χ2n) is 4.23. The first-order chi connectivity index (χ1) is 8.08. The molecule has 0 radical (unpaired) electrons. The van der Waals surface area contributed by atoms with E-state index in [-0.39, 0.29) is 11.9 Å². The number of nitrogens with one attached hydrogen (secondary N) is 2. The van der Waals surface area contributed by atoms with Gasteiger partial charge in [0.05, 0.1) is 17.1 Å². The van der Waals surface area contributed by atoms with Gasteiger partial charge in [-0.15, -0.1) is 0 Å². The molecule has 0 aliphatic heterocycles. The van der Waals surface area contributed by atoms with Crippen LogP contribution < -0.4 is 5.32 Å². The fraction of sp³-hybridized carbons (Fsp3) is 0.308. The molecule has 1 aromatic heterocycles. The Morgan fingerprint density at radius 2 is 1.88 bits per heavy atom. The fourth-order valence-electron chi connectivity index (χ4n) is 1.81. The number of aromatic nitrogens is 2. The molecule has 0 saturated carbocycles. The second-order valence-corrected chi connectivity index (χ2v) is 4.23. The number of hydrogen-bond donors (Lipinski definition) is 2. The number of rotatable bonds is 3. The van der Waals surface area contributed by atoms with E-state index in [1.807, 2.05) is 20.8 Å². The van der Waals surface area contributed by atoms with Gasteiger partial charge in [0, 0.05) is 6.04 Å². The lowest BCUT2D eigenvalue weighted by molar-refractivity contribution is 0.626. The third-order valence-corrected chi connectivity index (χ3v) is 2.86. The first-order valence-corrected chi connectivity index (χ1v) is 5.61. The molecule has 90 valence electrons. The molecule has 2 aromatic rings. The zero-order chi connectivity index (χ0) is 12.4. The predicted octanol–water partition coefficient (Wildman–Crippen LogP) is 3.34. The summed E-state index contributed by atoms with van der Waals surface area (Å²) in [5.41, 5.74) is 4.01. The van der Waals surface area contributed by atoms with Gasteiger partial charge in [-0.05, 0) is 38.5 Å². The highest BCUT2D eigenvalue weighted by atomic mass is 19.1. The topological polar surface area (TPSA) is 40.7 Å². The van der Waals surface area contributed by atoms with E-state index in [4.69, 9.17) is 0 Å². The zero-order valence-corrected chi connectivity index (χ0v) is 10.2. The summed E-state index contributed by atoms with van der Waals surface area (Å²) in [6, 6.07) is 6.64. The highest BCUT2D eigenvalue weighted by Crippen LogP contribution is 2.23. The van der Waals surface area contributed by atoms with Crippen LogP contribution in [0.3, 0.4) is 0 Å². The van der Waals surface area contributed by atoms with E-state index in [2.05, 4.69) is 15.5 Å². The highest BCUT2D eigenvalue weighted by molar-refractivity contribution is 5.52. The maximum absolute atomic E-state index is 12.8. The third-order valence-electron chi connectivity index (χ3n) is 2.86. The maximum atomic E-state index is 12.8. The molecule has 1 atom stereocenters. The quantitative estimate of drug-likeness (QED) is 0.853. The average Bonchev–Trinajstić information content (AvgIpc) is 2.61. The summed E-state index contributed by atoms with van der Waals surface area (Å²) >= 11 is 0. The predicted molar refractivity (Wildman–Crippen MR) is 66.5 cm³/mol. The molecule has 2 rings (SSSR count). The first-order valence-electron chi connectivity index (χ1n) is 5.61. The van der Waals surface area contributed by atoms with Gasteiger partial charge in [-0.1, -0.05) is 12.1 Å². The summed E-state index contributed by atoms with van der Waals surface area (Å²) in [5, 5.41) is 10.4. The Bertz CT molecular complexity index is 482. The van der Waals surface area contributed by atoms with Crippen molar-refractivity contribution in [3.63, 3.8) is 0 Å². The molecule has 2 N–H and O–H groups in total. The van der Waals surface area contributed by atoms with Crippen molar-refractivity contribution in [1.29, 1.82) is 0 Å². The molecule has 3 nitrogen and oxygen atoms in total. The van der Waals surface area contributed by atoms with Crippen molar-refractivity contribution < 1.29 is 4.39 Å². The number of nitrogens with zero attached hydrogens (tertiary/aromatic N) is 1. The molecular weight excluding hydrogens is 217 g/mol.